The van der Waals surface area contributed by atoms with Crippen molar-refractivity contribution >= 4 is 51.9 Å². The summed E-state index contributed by atoms with van der Waals surface area (Å²) in [5.41, 5.74) is 7.42. The van der Waals surface area contributed by atoms with Gasteiger partial charge in [-0.05, 0) is 24.6 Å². The lowest BCUT2D eigenvalue weighted by Crippen LogP contribution is -2.26. The summed E-state index contributed by atoms with van der Waals surface area (Å²) in [6.45, 7) is 2.49. The van der Waals surface area contributed by atoms with Crippen molar-refractivity contribution in [2.75, 3.05) is 44.2 Å². The van der Waals surface area contributed by atoms with Gasteiger partial charge in [0.2, 0.25) is 11.9 Å². The van der Waals surface area contributed by atoms with E-state index in [9.17, 15) is 14.4 Å². The lowest BCUT2D eigenvalue weighted by Gasteiger charge is -2.19. The molecule has 1 unspecified atom stereocenters. The molecular formula is C22H23N5O7S2. The van der Waals surface area contributed by atoms with Crippen molar-refractivity contribution in [3.63, 3.8) is 0 Å². The van der Waals surface area contributed by atoms with E-state index >= 15 is 0 Å². The van der Waals surface area contributed by atoms with Gasteiger partial charge in [-0.1, -0.05) is 17.8 Å². The highest BCUT2D eigenvalue weighted by Crippen LogP contribution is 2.40. The summed E-state index contributed by atoms with van der Waals surface area (Å²) in [5.74, 6) is -0.377. The van der Waals surface area contributed by atoms with Gasteiger partial charge in [0.05, 0.1) is 20.0 Å². The number of carbonyl (C=O) groups is 3. The molecule has 1 aliphatic rings. The first kappa shape index (κ1) is 25.3. The molecular weight excluding hydrogens is 510 g/mol. The number of fused-ring (bicyclic) bond motifs is 1. The lowest BCUT2D eigenvalue weighted by molar-refractivity contribution is -0.137. The van der Waals surface area contributed by atoms with Crippen molar-refractivity contribution in [1.82, 2.24) is 14.8 Å². The predicted octanol–water partition coefficient (Wildman–Crippen LogP) is 2.61. The Hall–Kier alpha value is -3.78. The molecule has 1 amide bonds. The average molecular weight is 534 g/mol. The van der Waals surface area contributed by atoms with Crippen LogP contribution in [-0.4, -0.2) is 65.8 Å². The SMILES string of the molecule is COC(=O)CSc1nnc(N)n1C(C)C(=O)Nc1scc(-c2ccc3c(c2)OCCO3)c1C(=O)OC. The summed E-state index contributed by atoms with van der Waals surface area (Å²) in [4.78, 5) is 37.4. The molecule has 0 bridgehead atoms. The molecule has 0 fully saturated rings. The van der Waals surface area contributed by atoms with Gasteiger partial charge in [0.1, 0.15) is 29.8 Å². The van der Waals surface area contributed by atoms with Gasteiger partial charge >= 0.3 is 11.9 Å². The second kappa shape index (κ2) is 10.9. The van der Waals surface area contributed by atoms with Gasteiger partial charge in [-0.3, -0.25) is 14.2 Å². The number of rotatable bonds is 8. The number of aromatic nitrogens is 3. The minimum atomic E-state index is -0.856. The molecule has 36 heavy (non-hydrogen) atoms. The Bertz CT molecular complexity index is 1310. The van der Waals surface area contributed by atoms with Gasteiger partial charge in [-0.25, -0.2) is 4.79 Å². The average Bonchev–Trinajstić information content (AvgIpc) is 3.48. The third-order valence-corrected chi connectivity index (χ3v) is 7.09. The standard InChI is InChI=1S/C22H23N5O7S2/c1-11(27-21(23)25-26-22(27)36-10-16(28)31-2)18(29)24-19-17(20(30)32-3)13(9-35-19)12-4-5-14-15(8-12)34-7-6-33-14/h4-5,8-9,11H,6-7,10H2,1-3H3,(H2,23,25)(H,24,29). The fourth-order valence-electron chi connectivity index (χ4n) is 3.44. The van der Waals surface area contributed by atoms with E-state index in [2.05, 4.69) is 20.3 Å². The van der Waals surface area contributed by atoms with E-state index in [1.165, 1.54) is 30.1 Å². The van der Waals surface area contributed by atoms with Crippen LogP contribution in [0.2, 0.25) is 0 Å². The maximum absolute atomic E-state index is 13.2. The molecule has 1 aliphatic heterocycles. The number of nitrogens with zero attached hydrogens (tertiary/aromatic N) is 3. The van der Waals surface area contributed by atoms with Crippen LogP contribution in [0.25, 0.3) is 11.1 Å². The van der Waals surface area contributed by atoms with Crippen LogP contribution in [0, 0.1) is 0 Å². The van der Waals surface area contributed by atoms with Crippen molar-refractivity contribution in [2.45, 2.75) is 18.1 Å². The van der Waals surface area contributed by atoms with Crippen molar-refractivity contribution in [3.05, 3.63) is 29.1 Å². The molecule has 0 saturated heterocycles. The van der Waals surface area contributed by atoms with E-state index in [0.29, 0.717) is 40.8 Å². The summed E-state index contributed by atoms with van der Waals surface area (Å²) < 4.78 is 22.3. The van der Waals surface area contributed by atoms with E-state index < -0.39 is 23.9 Å². The number of methoxy groups -OCH3 is 2. The molecule has 12 nitrogen and oxygen atoms in total. The Balaban J connectivity index is 1.60. The van der Waals surface area contributed by atoms with Gasteiger partial charge in [-0.2, -0.15) is 0 Å². The van der Waals surface area contributed by atoms with Crippen LogP contribution in [0.4, 0.5) is 10.9 Å². The normalized spacial score (nSPS) is 13.1. The molecule has 0 spiro atoms. The molecule has 190 valence electrons. The molecule has 3 N–H and O–H groups in total. The molecule has 0 aliphatic carbocycles. The van der Waals surface area contributed by atoms with Crippen molar-refractivity contribution in [3.8, 4) is 22.6 Å². The number of amides is 1. The zero-order valence-electron chi connectivity index (χ0n) is 19.6. The number of nitrogen functional groups attached to an aromatic ring is 1. The molecule has 3 heterocycles. The maximum atomic E-state index is 13.2. The number of carbonyl (C=O) groups excluding carboxylic acids is 3. The van der Waals surface area contributed by atoms with Crippen molar-refractivity contribution < 1.29 is 33.3 Å². The summed E-state index contributed by atoms with van der Waals surface area (Å²) in [6, 6.07) is 4.50. The van der Waals surface area contributed by atoms with Crippen molar-refractivity contribution in [2.24, 2.45) is 0 Å². The summed E-state index contributed by atoms with van der Waals surface area (Å²) in [6.07, 6.45) is 0. The molecule has 1 aromatic carbocycles. The molecule has 3 aromatic rings. The van der Waals surface area contributed by atoms with Crippen LogP contribution < -0.4 is 20.5 Å². The topological polar surface area (TPSA) is 157 Å². The third-order valence-electron chi connectivity index (χ3n) is 5.27. The van der Waals surface area contributed by atoms with E-state index in [4.69, 9.17) is 19.9 Å². The van der Waals surface area contributed by atoms with Crippen LogP contribution in [0.5, 0.6) is 11.5 Å². The van der Waals surface area contributed by atoms with Crippen LogP contribution >= 0.6 is 23.1 Å². The largest absolute Gasteiger partial charge is 0.486 e. The Morgan fingerprint density at radius 3 is 2.67 bits per heavy atom. The maximum Gasteiger partial charge on any atom is 0.341 e. The van der Waals surface area contributed by atoms with Crippen LogP contribution in [-0.2, 0) is 19.1 Å². The minimum absolute atomic E-state index is 0.00125. The zero-order chi connectivity index (χ0) is 25.8. The lowest BCUT2D eigenvalue weighted by atomic mass is 10.0. The Kier molecular flexibility index (Phi) is 7.64. The van der Waals surface area contributed by atoms with Gasteiger partial charge in [0, 0.05) is 10.9 Å². The number of ether oxygens (including phenoxy) is 4. The summed E-state index contributed by atoms with van der Waals surface area (Å²) >= 11 is 2.22. The number of anilines is 2. The van der Waals surface area contributed by atoms with E-state index in [-0.39, 0.29) is 22.4 Å². The van der Waals surface area contributed by atoms with E-state index in [0.717, 1.165) is 11.8 Å². The Morgan fingerprint density at radius 2 is 1.94 bits per heavy atom. The first-order valence-corrected chi connectivity index (χ1v) is 12.5. The second-order valence-corrected chi connectivity index (χ2v) is 9.27. The Morgan fingerprint density at radius 1 is 1.19 bits per heavy atom. The van der Waals surface area contributed by atoms with Gasteiger partial charge in [0.15, 0.2) is 16.7 Å². The number of nitrogens with two attached hydrogens (primary N) is 1. The van der Waals surface area contributed by atoms with Crippen LogP contribution in [0.15, 0.2) is 28.7 Å². The Labute approximate surface area is 214 Å². The van der Waals surface area contributed by atoms with Crippen LogP contribution in [0.1, 0.15) is 23.3 Å². The zero-order valence-corrected chi connectivity index (χ0v) is 21.2. The highest BCUT2D eigenvalue weighted by atomic mass is 32.2. The smallest absolute Gasteiger partial charge is 0.341 e. The minimum Gasteiger partial charge on any atom is -0.486 e. The molecule has 14 heteroatoms. The number of benzene rings is 1. The van der Waals surface area contributed by atoms with E-state index in [1.807, 2.05) is 0 Å². The third kappa shape index (κ3) is 5.09. The molecule has 2 aromatic heterocycles. The predicted molar refractivity (Wildman–Crippen MR) is 133 cm³/mol. The monoisotopic (exact) mass is 533 g/mol. The highest BCUT2D eigenvalue weighted by Gasteiger charge is 2.27. The summed E-state index contributed by atoms with van der Waals surface area (Å²) in [7, 11) is 2.54. The molecule has 4 rings (SSSR count). The number of esters is 2. The van der Waals surface area contributed by atoms with Gasteiger partial charge in [0.25, 0.3) is 0 Å². The molecule has 0 saturated carbocycles. The first-order valence-electron chi connectivity index (χ1n) is 10.6. The number of thiophene rings is 1. The fourth-order valence-corrected chi connectivity index (χ4v) is 5.26. The summed E-state index contributed by atoms with van der Waals surface area (Å²) in [5, 5.41) is 12.9. The van der Waals surface area contributed by atoms with Gasteiger partial charge in [-0.15, -0.1) is 21.5 Å². The second-order valence-electron chi connectivity index (χ2n) is 7.44. The van der Waals surface area contributed by atoms with E-state index in [1.54, 1.807) is 30.5 Å². The number of hydrogen-bond donors (Lipinski definition) is 2. The first-order chi connectivity index (χ1) is 17.3. The fraction of sp³-hybridized carbons (Fsp3) is 0.318. The highest BCUT2D eigenvalue weighted by molar-refractivity contribution is 7.99. The molecule has 0 radical (unpaired) electrons. The quantitative estimate of drug-likeness (QED) is 0.324. The number of thioether (sulfide) groups is 1. The van der Waals surface area contributed by atoms with Crippen molar-refractivity contribution in [1.29, 1.82) is 0 Å². The molecule has 1 atom stereocenters. The van der Waals surface area contributed by atoms with Crippen LogP contribution in [0.3, 0.4) is 0 Å². The number of nitrogens with one attached hydrogen (secondary N) is 1. The number of hydrogen-bond acceptors (Lipinski definition) is 12. The van der Waals surface area contributed by atoms with Gasteiger partial charge < -0.3 is 30.0 Å².